The second kappa shape index (κ2) is 89.9. The molecule has 0 spiro atoms. The highest BCUT2D eigenvalue weighted by Crippen LogP contribution is 2.43. The number of hydrogen-bond acceptors (Lipinski definition) is 20. The van der Waals surface area contributed by atoms with Crippen LogP contribution < -0.4 is 10.6 Å². The van der Waals surface area contributed by atoms with E-state index in [4.69, 9.17) is 37.7 Å². The Morgan fingerprint density at radius 1 is 0.323 bits per heavy atom. The summed E-state index contributed by atoms with van der Waals surface area (Å²) < 4.78 is 61.7. The van der Waals surface area contributed by atoms with Crippen LogP contribution in [0.15, 0.2) is 0 Å². The smallest absolute Gasteiger partial charge is 0.462 e. The van der Waals surface area contributed by atoms with Crippen molar-refractivity contribution < 1.29 is 101 Å². The zero-order chi connectivity index (χ0) is 97.7. The van der Waals surface area contributed by atoms with Gasteiger partial charge in [0.15, 0.2) is 18.7 Å². The van der Waals surface area contributed by atoms with Crippen molar-refractivity contribution in [1.29, 1.82) is 0 Å². The maximum atomic E-state index is 15.1. The third-order valence-electron chi connectivity index (χ3n) is 27.0. The van der Waals surface area contributed by atoms with Gasteiger partial charge in [-0.05, 0) is 77.4 Å². The third-order valence-corrected chi connectivity index (χ3v) is 27.5. The summed E-state index contributed by atoms with van der Waals surface area (Å²) in [6, 6.07) is -3.38. The first-order valence-corrected chi connectivity index (χ1v) is 57.5. The summed E-state index contributed by atoms with van der Waals surface area (Å²) in [4.78, 5) is 109. The Morgan fingerprint density at radius 3 is 0.850 bits per heavy atom. The molecule has 0 aromatic heterocycles. The molecule has 0 radical (unpaired) electrons. The molecule has 786 valence electrons. The highest BCUT2D eigenvalue weighted by atomic mass is 31.2. The molecular formula is C108H208N3O21P. The monoisotopic (exact) mass is 1910 g/mol. The molecule has 2 saturated heterocycles. The van der Waals surface area contributed by atoms with Gasteiger partial charge in [0.1, 0.15) is 60.9 Å². The summed E-state index contributed by atoms with van der Waals surface area (Å²) in [6.45, 7) is 21.6. The molecule has 0 unspecified atom stereocenters. The van der Waals surface area contributed by atoms with Crippen LogP contribution in [0.4, 0.5) is 0 Å². The molecule has 25 heteroatoms. The van der Waals surface area contributed by atoms with Crippen LogP contribution in [0.1, 0.15) is 544 Å². The fourth-order valence-electron chi connectivity index (χ4n) is 18.4. The van der Waals surface area contributed by atoms with E-state index in [1.807, 2.05) is 0 Å². The summed E-state index contributed by atoms with van der Waals surface area (Å²) in [5.74, 6) is -3.83. The number of rotatable bonds is 93. The van der Waals surface area contributed by atoms with Gasteiger partial charge in [0.2, 0.25) is 11.8 Å². The van der Waals surface area contributed by atoms with E-state index in [1.54, 1.807) is 0 Å². The Kier molecular flexibility index (Phi) is 86.3. The topological polar surface area (TPSA) is 342 Å². The number of hydrogen-bond donors (Lipinski definition) is 8. The van der Waals surface area contributed by atoms with E-state index in [9.17, 15) is 58.8 Å². The molecule has 13 atom stereocenters. The molecule has 2 rings (SSSR count). The van der Waals surface area contributed by atoms with Crippen molar-refractivity contribution >= 4 is 43.5 Å². The maximum Gasteiger partial charge on any atom is 0.470 e. The molecule has 0 aromatic carbocycles. The van der Waals surface area contributed by atoms with Crippen molar-refractivity contribution in [3.05, 3.63) is 0 Å². The maximum absolute atomic E-state index is 15.1. The second-order valence-electron chi connectivity index (χ2n) is 39.2. The summed E-state index contributed by atoms with van der Waals surface area (Å²) >= 11 is 0. The van der Waals surface area contributed by atoms with E-state index >= 15 is 4.79 Å². The quantitative estimate of drug-likeness (QED) is 0.0121. The second-order valence-corrected chi connectivity index (χ2v) is 40.4. The Balaban J connectivity index is 0.0000121. The molecule has 2 aliphatic rings. The average Bonchev–Trinajstić information content (AvgIpc) is 0.776. The highest BCUT2D eigenvalue weighted by Gasteiger charge is 2.54. The molecule has 0 aromatic rings. The van der Waals surface area contributed by atoms with Crippen molar-refractivity contribution in [2.45, 2.75) is 623 Å². The van der Waals surface area contributed by atoms with Crippen LogP contribution in [-0.2, 0) is 71.0 Å². The normalized spacial score (nSPS) is 19.3. The summed E-state index contributed by atoms with van der Waals surface area (Å²) in [6.07, 6.45) is 54.9. The van der Waals surface area contributed by atoms with E-state index in [2.05, 4.69) is 77.8 Å². The summed E-state index contributed by atoms with van der Waals surface area (Å²) in [7, 11) is -5.59. The number of aliphatic hydroxyl groups is 4. The van der Waals surface area contributed by atoms with Gasteiger partial charge in [-0.1, -0.05) is 448 Å². The zero-order valence-corrected chi connectivity index (χ0v) is 87.7. The molecule has 2 aliphatic heterocycles. The van der Waals surface area contributed by atoms with Gasteiger partial charge in [0.05, 0.1) is 32.5 Å². The number of esters is 4. The van der Waals surface area contributed by atoms with E-state index in [0.717, 1.165) is 173 Å². The van der Waals surface area contributed by atoms with Gasteiger partial charge in [-0.25, -0.2) is 4.57 Å². The number of carbonyl (C=O) groups is 6. The molecule has 24 nitrogen and oxygen atoms in total. The minimum Gasteiger partial charge on any atom is -0.462 e. The lowest BCUT2D eigenvalue weighted by Gasteiger charge is -2.46. The van der Waals surface area contributed by atoms with Crippen LogP contribution in [0.2, 0.25) is 0 Å². The van der Waals surface area contributed by atoms with Gasteiger partial charge in [0.25, 0.3) is 0 Å². The standard InChI is InChI=1S/C102H193N2O21P.C6H15N/c1-7-13-19-25-31-37-40-42-43-45-48-54-60-65-71-77-92(109)120-85(74-68-62-56-50-35-29-23-17-11-5)80-90(107)104-96-100(124-94(111)81-86(75-69-63-57-51-36-30-24-18-12-6)121-93(110)78-72-66-58-52-46-39-33-27-21-15-9-3)99(125-126(115,116)117)87(82-105)123-102(96)118-83-88-97(112)98(113)95(101(114)122-88)103-89(106)79-84(73-67-61-55-49-34-28-22-16-10-4)119-91(108)76-70-64-59-53-47-44-41-38-32-26-20-14-8-2;1-4-7(5-2)6-3/h84-88,95-102,105,112-114H,7-83H2,1-6H3,(H,103,106)(H,104,107)(H2,115,116,117);4-6H2,1-3H3/t84-,85-,86-,87-,88-,95+,96+,97-,98-,99-,100-,101+,102-;/m1./s1. The lowest BCUT2D eigenvalue weighted by atomic mass is 9.95. The Bertz CT molecular complexity index is 2730. The van der Waals surface area contributed by atoms with Crippen molar-refractivity contribution in [3.63, 3.8) is 0 Å². The lowest BCUT2D eigenvalue weighted by molar-refractivity contribution is -0.297. The number of amides is 2. The first kappa shape index (κ1) is 128. The molecule has 8 N–H and O–H groups in total. The van der Waals surface area contributed by atoms with Crippen molar-refractivity contribution in [3.8, 4) is 0 Å². The Hall–Kier alpha value is -3.39. The third kappa shape index (κ3) is 72.5. The fourth-order valence-corrected chi connectivity index (χ4v) is 19.0. The van der Waals surface area contributed by atoms with Gasteiger partial charge in [0, 0.05) is 19.3 Å². The fraction of sp³-hybridized carbons (Fsp3) is 0.944. The molecule has 2 fully saturated rings. The van der Waals surface area contributed by atoms with Gasteiger partial charge in [-0.2, -0.15) is 0 Å². The molecule has 2 amide bonds. The number of carbonyl (C=O) groups excluding carboxylic acids is 6. The molecular weight excluding hydrogens is 1710 g/mol. The van der Waals surface area contributed by atoms with Crippen LogP contribution in [0.5, 0.6) is 0 Å². The zero-order valence-electron chi connectivity index (χ0n) is 86.8. The van der Waals surface area contributed by atoms with E-state index in [0.29, 0.717) is 51.4 Å². The van der Waals surface area contributed by atoms with Crippen molar-refractivity contribution in [2.24, 2.45) is 0 Å². The van der Waals surface area contributed by atoms with E-state index in [-0.39, 0.29) is 32.1 Å². The van der Waals surface area contributed by atoms with Gasteiger partial charge >= 0.3 is 31.7 Å². The number of phosphoric acid groups is 1. The van der Waals surface area contributed by atoms with Crippen molar-refractivity contribution in [2.75, 3.05) is 32.8 Å². The molecule has 0 aliphatic carbocycles. The number of ether oxygens (including phenoxy) is 7. The van der Waals surface area contributed by atoms with Crippen LogP contribution >= 0.6 is 7.82 Å². The number of phosphoric ester groups is 1. The van der Waals surface area contributed by atoms with Crippen LogP contribution in [0, 0.1) is 0 Å². The number of nitrogens with one attached hydrogen (secondary N) is 2. The van der Waals surface area contributed by atoms with Gasteiger partial charge in [-0.15, -0.1) is 0 Å². The van der Waals surface area contributed by atoms with Crippen LogP contribution in [0.25, 0.3) is 0 Å². The van der Waals surface area contributed by atoms with E-state index < -0.39 is 149 Å². The first-order chi connectivity index (χ1) is 64.6. The number of unbranched alkanes of at least 4 members (excludes halogenated alkanes) is 60. The number of nitrogens with zero attached hydrogens (tertiary/aromatic N) is 1. The molecule has 0 saturated carbocycles. The minimum absolute atomic E-state index is 0.125. The largest absolute Gasteiger partial charge is 0.470 e. The SMILES string of the molecule is CCCCCCCCCCCCCCCCCC(=O)O[C@H](CCCCCCCCCCC)CC(=O)N[C@@H]1[C@H](OC[C@H]2O[C@H](O)[C@@H](NC(=O)C[C@@H](CCCCCCCCCCC)OC(=O)CCCCCCCCCCCCCCC)[C@@H](O)[C@@H]2O)O[C@H](CO)[C@@H](OP(=O)(O)O)[C@@H]1OC(=O)C[C@@H](CCCCCCCCCCC)OC(=O)CCCCCCCCCCCCC.CCN(CC)CC. The Labute approximate surface area is 812 Å². The Morgan fingerprint density at radius 2 is 0.586 bits per heavy atom. The van der Waals surface area contributed by atoms with Crippen LogP contribution in [0.3, 0.4) is 0 Å². The van der Waals surface area contributed by atoms with Gasteiger partial charge in [-0.3, -0.25) is 33.3 Å². The van der Waals surface area contributed by atoms with Crippen molar-refractivity contribution in [1.82, 2.24) is 15.5 Å². The van der Waals surface area contributed by atoms with Crippen LogP contribution in [-0.4, -0.2) is 183 Å². The molecule has 133 heavy (non-hydrogen) atoms. The lowest BCUT2D eigenvalue weighted by Crippen LogP contribution is -2.67. The predicted octanol–water partition coefficient (Wildman–Crippen LogP) is 26.0. The average molecular weight is 1920 g/mol. The summed E-state index contributed by atoms with van der Waals surface area (Å²) in [5, 5.41) is 52.0. The van der Waals surface area contributed by atoms with E-state index in [1.165, 1.54) is 232 Å². The predicted molar refractivity (Wildman–Crippen MR) is 539 cm³/mol. The minimum atomic E-state index is -5.59. The first-order valence-electron chi connectivity index (χ1n) is 56.0. The molecule has 0 bridgehead atoms. The van der Waals surface area contributed by atoms with Gasteiger partial charge < -0.3 is 78.9 Å². The number of aliphatic hydroxyl groups excluding tert-OH is 4. The molecule has 2 heterocycles. The highest BCUT2D eigenvalue weighted by molar-refractivity contribution is 7.46. The summed E-state index contributed by atoms with van der Waals surface area (Å²) in [5.41, 5.74) is 0.